The molecule has 3 aromatic heterocycles. The van der Waals surface area contributed by atoms with E-state index in [1.165, 1.54) is 43.0 Å². The Kier molecular flexibility index (Phi) is 9.77. The van der Waals surface area contributed by atoms with Crippen LogP contribution in [0.2, 0.25) is 0 Å². The number of para-hydroxylation sites is 3. The van der Waals surface area contributed by atoms with Crippen LogP contribution in [0.5, 0.6) is 0 Å². The molecule has 0 amide bonds. The smallest absolute Gasteiger partial charge is 0.238 e. The van der Waals surface area contributed by atoms with E-state index in [1.54, 1.807) is 0 Å². The average Bonchev–Trinajstić information content (AvgIpc) is 3.98. The van der Waals surface area contributed by atoms with Gasteiger partial charge in [0.1, 0.15) is 11.2 Å². The van der Waals surface area contributed by atoms with Gasteiger partial charge in [0.2, 0.25) is 5.95 Å². The summed E-state index contributed by atoms with van der Waals surface area (Å²) in [5.41, 5.74) is 10.2. The maximum absolute atomic E-state index is 6.28. The van der Waals surface area contributed by atoms with Crippen LogP contribution in [0.1, 0.15) is 0 Å². The van der Waals surface area contributed by atoms with Gasteiger partial charge in [0.25, 0.3) is 0 Å². The summed E-state index contributed by atoms with van der Waals surface area (Å²) in [6, 6.07) is 91.3. The first-order valence-corrected chi connectivity index (χ1v) is 25.3. The third kappa shape index (κ3) is 6.88. The van der Waals surface area contributed by atoms with E-state index in [0.717, 1.165) is 54.9 Å². The molecule has 0 aliphatic heterocycles. The van der Waals surface area contributed by atoms with Crippen LogP contribution in [0.25, 0.3) is 94.7 Å². The van der Waals surface area contributed by atoms with E-state index < -0.39 is 8.07 Å². The third-order valence-electron chi connectivity index (χ3n) is 13.6. The van der Waals surface area contributed by atoms with E-state index in [1.807, 2.05) is 24.3 Å². The minimum atomic E-state index is -3.15. The van der Waals surface area contributed by atoms with Gasteiger partial charge in [-0.3, -0.25) is 4.57 Å². The van der Waals surface area contributed by atoms with Crippen molar-refractivity contribution in [3.63, 3.8) is 0 Å². The van der Waals surface area contributed by atoms with Crippen LogP contribution in [0, 0.1) is 0 Å². The summed E-state index contributed by atoms with van der Waals surface area (Å²) in [4.78, 5) is 16.2. The Morgan fingerprint density at radius 2 is 0.710 bits per heavy atom. The highest BCUT2D eigenvalue weighted by atomic mass is 28.3. The molecule has 0 bridgehead atoms. The van der Waals surface area contributed by atoms with Crippen molar-refractivity contribution in [2.24, 2.45) is 0 Å². The Labute approximate surface area is 400 Å². The average molecular weight is 899 g/mol. The normalized spacial score (nSPS) is 11.8. The van der Waals surface area contributed by atoms with E-state index in [0.29, 0.717) is 17.6 Å². The maximum atomic E-state index is 6.28. The van der Waals surface area contributed by atoms with Crippen LogP contribution in [-0.4, -0.2) is 27.6 Å². The topological polar surface area (TPSA) is 56.7 Å². The molecule has 0 radical (unpaired) electrons. The fraction of sp³-hybridized carbons (Fsp3) is 0. The molecule has 324 valence electrons. The van der Waals surface area contributed by atoms with Crippen molar-refractivity contribution in [3.8, 4) is 51.0 Å². The zero-order valence-electron chi connectivity index (χ0n) is 37.4. The molecule has 13 rings (SSSR count). The second kappa shape index (κ2) is 16.7. The van der Waals surface area contributed by atoms with Crippen LogP contribution >= 0.6 is 0 Å². The monoisotopic (exact) mass is 898 g/mol. The fourth-order valence-corrected chi connectivity index (χ4v) is 15.3. The first-order chi connectivity index (χ1) is 34.2. The van der Waals surface area contributed by atoms with E-state index in [4.69, 9.17) is 19.4 Å². The lowest BCUT2D eigenvalue weighted by atomic mass is 10.1. The quantitative estimate of drug-likeness (QED) is 0.107. The summed E-state index contributed by atoms with van der Waals surface area (Å²) >= 11 is 0. The molecule has 0 unspecified atom stereocenters. The summed E-state index contributed by atoms with van der Waals surface area (Å²) in [6.45, 7) is 0. The SMILES string of the molecule is c1ccc(-c2cccc([Si](c3ccccc3)(c3cccc(-c4ccccc4)c3)c3cccc(-c4nc(-c5ccc6oc7ccccc7c6c5)nc(-n5c6ccccc6c6ccccc65)n4)c3)c2)cc1. The number of benzene rings is 10. The van der Waals surface area contributed by atoms with Gasteiger partial charge in [-0.25, -0.2) is 4.98 Å². The molecule has 0 saturated carbocycles. The number of rotatable bonds is 9. The Hall–Kier alpha value is -8.97. The predicted molar refractivity (Wildman–Crippen MR) is 287 cm³/mol. The van der Waals surface area contributed by atoms with Gasteiger partial charge in [0.15, 0.2) is 19.7 Å². The summed E-state index contributed by atoms with van der Waals surface area (Å²) in [5.74, 6) is 1.71. The Balaban J connectivity index is 1.08. The van der Waals surface area contributed by atoms with Gasteiger partial charge in [-0.15, -0.1) is 0 Å². The first kappa shape index (κ1) is 40.3. The van der Waals surface area contributed by atoms with Crippen LogP contribution in [0.3, 0.4) is 0 Å². The lowest BCUT2D eigenvalue weighted by Crippen LogP contribution is -2.74. The van der Waals surface area contributed by atoms with Crippen molar-refractivity contribution in [1.82, 2.24) is 19.5 Å². The van der Waals surface area contributed by atoms with Gasteiger partial charge in [-0.05, 0) is 79.4 Å². The molecular weight excluding hydrogens is 857 g/mol. The summed E-state index contributed by atoms with van der Waals surface area (Å²) in [6.07, 6.45) is 0. The molecule has 0 fully saturated rings. The molecule has 69 heavy (non-hydrogen) atoms. The van der Waals surface area contributed by atoms with Gasteiger partial charge in [-0.1, -0.05) is 218 Å². The van der Waals surface area contributed by atoms with Crippen LogP contribution < -0.4 is 20.7 Å². The molecule has 10 aromatic carbocycles. The van der Waals surface area contributed by atoms with Crippen LogP contribution in [0.15, 0.2) is 259 Å². The first-order valence-electron chi connectivity index (χ1n) is 23.3. The summed E-state index contributed by atoms with van der Waals surface area (Å²) < 4.78 is 8.46. The molecule has 0 spiro atoms. The lowest BCUT2D eigenvalue weighted by molar-refractivity contribution is 0.669. The number of hydrogen-bond acceptors (Lipinski definition) is 4. The Morgan fingerprint density at radius 1 is 0.290 bits per heavy atom. The standard InChI is InChI=1S/C63H42N4OSi/c1-4-19-43(20-5-1)45-23-16-28-50(39-45)69(49-26-8-3-9-27-49,51-29-17-24-46(40-51)44-21-6-2-7-22-44)52-30-18-25-47(41-52)61-64-62(48-37-38-60-56(42-48)55-33-12-15-36-59(55)68-60)66-63(65-61)67-57-34-13-10-31-53(57)54-32-11-14-35-58(54)67/h1-42H. The van der Waals surface area contributed by atoms with Crippen LogP contribution in [-0.2, 0) is 0 Å². The molecule has 5 nitrogen and oxygen atoms in total. The fourth-order valence-electron chi connectivity index (χ4n) is 10.4. The zero-order chi connectivity index (χ0) is 45.7. The van der Waals surface area contributed by atoms with Crippen molar-refractivity contribution in [1.29, 1.82) is 0 Å². The molecule has 0 atom stereocenters. The van der Waals surface area contributed by atoms with Crippen molar-refractivity contribution >= 4 is 72.6 Å². The third-order valence-corrected chi connectivity index (χ3v) is 18.3. The van der Waals surface area contributed by atoms with Crippen molar-refractivity contribution in [2.45, 2.75) is 0 Å². The summed E-state index contributed by atoms with van der Waals surface area (Å²) in [5, 5.41) is 9.39. The molecule has 0 aliphatic carbocycles. The molecule has 6 heteroatoms. The van der Waals surface area contributed by atoms with E-state index >= 15 is 0 Å². The zero-order valence-corrected chi connectivity index (χ0v) is 38.4. The molecular formula is C63H42N4OSi. The second-order valence-corrected chi connectivity index (χ2v) is 21.4. The maximum Gasteiger partial charge on any atom is 0.238 e. The Morgan fingerprint density at radius 3 is 1.29 bits per heavy atom. The summed E-state index contributed by atoms with van der Waals surface area (Å²) in [7, 11) is -3.15. The molecule has 0 N–H and O–H groups in total. The number of nitrogens with zero attached hydrogens (tertiary/aromatic N) is 4. The predicted octanol–water partition coefficient (Wildman–Crippen LogP) is 12.9. The Bertz CT molecular complexity index is 3900. The van der Waals surface area contributed by atoms with Gasteiger partial charge in [0, 0.05) is 32.7 Å². The van der Waals surface area contributed by atoms with Crippen LogP contribution in [0.4, 0.5) is 0 Å². The highest BCUT2D eigenvalue weighted by Gasteiger charge is 2.42. The number of fused-ring (bicyclic) bond motifs is 6. The van der Waals surface area contributed by atoms with Gasteiger partial charge >= 0.3 is 0 Å². The number of furan rings is 1. The molecule has 0 aliphatic rings. The molecule has 3 heterocycles. The van der Waals surface area contributed by atoms with Crippen molar-refractivity contribution in [2.75, 3.05) is 0 Å². The molecule has 0 saturated heterocycles. The lowest BCUT2D eigenvalue weighted by Gasteiger charge is -2.35. The molecule has 13 aromatic rings. The minimum Gasteiger partial charge on any atom is -0.456 e. The van der Waals surface area contributed by atoms with Gasteiger partial charge in [0.05, 0.1) is 11.0 Å². The largest absolute Gasteiger partial charge is 0.456 e. The highest BCUT2D eigenvalue weighted by molar-refractivity contribution is 7.20. The van der Waals surface area contributed by atoms with E-state index in [2.05, 4.69) is 235 Å². The minimum absolute atomic E-state index is 0.549. The van der Waals surface area contributed by atoms with E-state index in [-0.39, 0.29) is 0 Å². The van der Waals surface area contributed by atoms with E-state index in [9.17, 15) is 0 Å². The second-order valence-electron chi connectivity index (χ2n) is 17.6. The van der Waals surface area contributed by atoms with Gasteiger partial charge < -0.3 is 4.42 Å². The number of aromatic nitrogens is 4. The van der Waals surface area contributed by atoms with Crippen molar-refractivity contribution in [3.05, 3.63) is 255 Å². The van der Waals surface area contributed by atoms with Gasteiger partial charge in [-0.2, -0.15) is 9.97 Å². The highest BCUT2D eigenvalue weighted by Crippen LogP contribution is 2.35. The van der Waals surface area contributed by atoms with Crippen molar-refractivity contribution < 1.29 is 4.42 Å². The number of hydrogen-bond donors (Lipinski definition) is 0.